The number of unbranched alkanes of at least 4 members (excludes halogenated alkanes) is 3. The van der Waals surface area contributed by atoms with Gasteiger partial charge in [-0.05, 0) is 75.5 Å². The highest BCUT2D eigenvalue weighted by Crippen LogP contribution is 2.55. The lowest BCUT2D eigenvalue weighted by atomic mass is 9.64. The van der Waals surface area contributed by atoms with E-state index in [1.165, 1.54) is 19.3 Å². The van der Waals surface area contributed by atoms with Crippen LogP contribution in [0.1, 0.15) is 82.8 Å². The Morgan fingerprint density at radius 1 is 1.23 bits per heavy atom. The number of fused-ring (bicyclic) bond motifs is 3. The summed E-state index contributed by atoms with van der Waals surface area (Å²) in [6, 6.07) is 3.95. The quantitative estimate of drug-likeness (QED) is 0.646. The van der Waals surface area contributed by atoms with Gasteiger partial charge >= 0.3 is 0 Å². The standard InChI is InChI=1S/C23H34O3/c1-4-5-6-7-8-9-16-13-20(25)22-18-12-17(15-24)10-11-19(18)23(2,3)26-21(22)14-16/h8-9,13-14,17-19,24-25H,4-7,10-12,15H2,1-3H3/b9-8+/t17-,18-,19-/m1/s1. The second-order valence-corrected chi connectivity index (χ2v) is 8.63. The van der Waals surface area contributed by atoms with E-state index in [1.54, 1.807) is 0 Å². The normalized spacial score (nSPS) is 27.0. The molecule has 3 atom stereocenters. The number of aliphatic hydroxyl groups is 1. The summed E-state index contributed by atoms with van der Waals surface area (Å²) in [6.07, 6.45) is 12.1. The lowest BCUT2D eigenvalue weighted by molar-refractivity contribution is -0.0210. The van der Waals surface area contributed by atoms with Crippen molar-refractivity contribution in [3.63, 3.8) is 0 Å². The van der Waals surface area contributed by atoms with E-state index in [-0.39, 0.29) is 18.1 Å². The smallest absolute Gasteiger partial charge is 0.127 e. The average molecular weight is 359 g/mol. The van der Waals surface area contributed by atoms with Gasteiger partial charge in [-0.1, -0.05) is 31.9 Å². The second kappa shape index (κ2) is 8.04. The summed E-state index contributed by atoms with van der Waals surface area (Å²) in [5.41, 5.74) is 1.71. The summed E-state index contributed by atoms with van der Waals surface area (Å²) < 4.78 is 6.37. The molecule has 2 aliphatic rings. The first-order valence-electron chi connectivity index (χ1n) is 10.3. The molecule has 144 valence electrons. The van der Waals surface area contributed by atoms with Gasteiger partial charge in [0, 0.05) is 18.1 Å². The van der Waals surface area contributed by atoms with Gasteiger partial charge in [-0.2, -0.15) is 0 Å². The van der Waals surface area contributed by atoms with Crippen molar-refractivity contribution in [3.8, 4) is 11.5 Å². The minimum absolute atomic E-state index is 0.235. The minimum Gasteiger partial charge on any atom is -0.507 e. The summed E-state index contributed by atoms with van der Waals surface area (Å²) in [5.74, 6) is 2.15. The molecule has 1 saturated carbocycles. The van der Waals surface area contributed by atoms with Crippen LogP contribution in [0, 0.1) is 11.8 Å². The molecule has 0 unspecified atom stereocenters. The molecule has 3 heteroatoms. The maximum absolute atomic E-state index is 10.8. The minimum atomic E-state index is -0.242. The molecule has 3 nitrogen and oxygen atoms in total. The van der Waals surface area contributed by atoms with Crippen molar-refractivity contribution in [2.75, 3.05) is 6.61 Å². The van der Waals surface area contributed by atoms with Gasteiger partial charge in [0.2, 0.25) is 0 Å². The van der Waals surface area contributed by atoms with Gasteiger partial charge in [0.1, 0.15) is 17.1 Å². The van der Waals surface area contributed by atoms with Crippen LogP contribution in [-0.4, -0.2) is 22.4 Å². The van der Waals surface area contributed by atoms with Crippen molar-refractivity contribution in [3.05, 3.63) is 29.3 Å². The first-order chi connectivity index (χ1) is 12.5. The highest BCUT2D eigenvalue weighted by atomic mass is 16.5. The highest BCUT2D eigenvalue weighted by Gasteiger charge is 2.47. The van der Waals surface area contributed by atoms with Crippen molar-refractivity contribution in [2.24, 2.45) is 11.8 Å². The second-order valence-electron chi connectivity index (χ2n) is 8.63. The molecule has 0 bridgehead atoms. The van der Waals surface area contributed by atoms with Crippen LogP contribution < -0.4 is 4.74 Å². The molecule has 0 aromatic heterocycles. The summed E-state index contributed by atoms with van der Waals surface area (Å²) >= 11 is 0. The van der Waals surface area contributed by atoms with Gasteiger partial charge in [0.25, 0.3) is 0 Å². The predicted molar refractivity (Wildman–Crippen MR) is 107 cm³/mol. The van der Waals surface area contributed by atoms with Gasteiger partial charge in [-0.25, -0.2) is 0 Å². The predicted octanol–water partition coefficient (Wildman–Crippen LogP) is 5.65. The van der Waals surface area contributed by atoms with E-state index in [4.69, 9.17) is 4.74 Å². The number of allylic oxidation sites excluding steroid dienone is 1. The monoisotopic (exact) mass is 358 g/mol. The van der Waals surface area contributed by atoms with Gasteiger partial charge < -0.3 is 14.9 Å². The number of aromatic hydroxyl groups is 1. The van der Waals surface area contributed by atoms with Crippen molar-refractivity contribution >= 4 is 6.08 Å². The van der Waals surface area contributed by atoms with Crippen molar-refractivity contribution < 1.29 is 14.9 Å². The topological polar surface area (TPSA) is 49.7 Å². The van der Waals surface area contributed by atoms with Crippen LogP contribution in [-0.2, 0) is 0 Å². The maximum atomic E-state index is 10.8. The third kappa shape index (κ3) is 3.93. The molecule has 1 aromatic carbocycles. The van der Waals surface area contributed by atoms with Gasteiger partial charge in [-0.3, -0.25) is 0 Å². The number of benzene rings is 1. The number of hydrogen-bond donors (Lipinski definition) is 2. The van der Waals surface area contributed by atoms with Gasteiger partial charge in [0.05, 0.1) is 0 Å². The zero-order valence-electron chi connectivity index (χ0n) is 16.5. The Kier molecular flexibility index (Phi) is 5.96. The fourth-order valence-electron chi connectivity index (χ4n) is 4.85. The van der Waals surface area contributed by atoms with Crippen LogP contribution in [0.4, 0.5) is 0 Å². The van der Waals surface area contributed by atoms with E-state index in [0.717, 1.165) is 42.6 Å². The largest absolute Gasteiger partial charge is 0.507 e. The Labute approximate surface area is 158 Å². The number of hydrogen-bond acceptors (Lipinski definition) is 3. The molecule has 0 saturated heterocycles. The lowest BCUT2D eigenvalue weighted by Gasteiger charge is -2.49. The van der Waals surface area contributed by atoms with E-state index in [1.807, 2.05) is 6.07 Å². The van der Waals surface area contributed by atoms with Crippen LogP contribution in [0.5, 0.6) is 11.5 Å². The number of phenols is 1. The third-order valence-corrected chi connectivity index (χ3v) is 6.28. The summed E-state index contributed by atoms with van der Waals surface area (Å²) in [5, 5.41) is 20.4. The van der Waals surface area contributed by atoms with E-state index in [0.29, 0.717) is 17.6 Å². The average Bonchev–Trinajstić information content (AvgIpc) is 2.60. The zero-order chi connectivity index (χ0) is 18.7. The molecule has 0 spiro atoms. The number of rotatable bonds is 6. The molecule has 1 heterocycles. The van der Waals surface area contributed by atoms with Crippen LogP contribution in [0.15, 0.2) is 18.2 Å². The van der Waals surface area contributed by atoms with E-state index < -0.39 is 0 Å². The van der Waals surface area contributed by atoms with Crippen molar-refractivity contribution in [1.82, 2.24) is 0 Å². The molecule has 0 amide bonds. The summed E-state index contributed by atoms with van der Waals surface area (Å²) in [4.78, 5) is 0. The number of aliphatic hydroxyl groups excluding tert-OH is 1. The van der Waals surface area contributed by atoms with E-state index in [2.05, 4.69) is 39.0 Å². The van der Waals surface area contributed by atoms with Crippen LogP contribution in [0.3, 0.4) is 0 Å². The first kappa shape index (κ1) is 19.3. The summed E-state index contributed by atoms with van der Waals surface area (Å²) in [6.45, 7) is 6.78. The zero-order valence-corrected chi connectivity index (χ0v) is 16.5. The first-order valence-corrected chi connectivity index (χ1v) is 10.3. The fourth-order valence-corrected chi connectivity index (χ4v) is 4.85. The maximum Gasteiger partial charge on any atom is 0.127 e. The highest BCUT2D eigenvalue weighted by molar-refractivity contribution is 5.60. The Morgan fingerprint density at radius 2 is 2.04 bits per heavy atom. The lowest BCUT2D eigenvalue weighted by Crippen LogP contribution is -2.47. The number of ether oxygens (including phenoxy) is 1. The molecular formula is C23H34O3. The Bertz CT molecular complexity index is 647. The molecule has 1 aliphatic carbocycles. The molecule has 1 aliphatic heterocycles. The Hall–Kier alpha value is -1.48. The van der Waals surface area contributed by atoms with Crippen LogP contribution in [0.25, 0.3) is 6.08 Å². The Balaban J connectivity index is 1.87. The van der Waals surface area contributed by atoms with Crippen LogP contribution >= 0.6 is 0 Å². The SMILES string of the molecule is CCCCC/C=C/c1cc(O)c2c(c1)OC(C)(C)[C@@H]1CC[C@@H](CO)C[C@@H]21. The molecule has 3 rings (SSSR count). The van der Waals surface area contributed by atoms with Crippen LogP contribution in [0.2, 0.25) is 0 Å². The fraction of sp³-hybridized carbons (Fsp3) is 0.652. The molecule has 2 N–H and O–H groups in total. The summed E-state index contributed by atoms with van der Waals surface area (Å²) in [7, 11) is 0. The van der Waals surface area contributed by atoms with Crippen molar-refractivity contribution in [2.45, 2.75) is 77.2 Å². The molecular weight excluding hydrogens is 324 g/mol. The Morgan fingerprint density at radius 3 is 2.77 bits per heavy atom. The van der Waals surface area contributed by atoms with Gasteiger partial charge in [-0.15, -0.1) is 0 Å². The molecule has 1 aromatic rings. The van der Waals surface area contributed by atoms with Crippen molar-refractivity contribution in [1.29, 1.82) is 0 Å². The number of phenolic OH excluding ortho intramolecular Hbond substituents is 1. The van der Waals surface area contributed by atoms with Gasteiger partial charge in [0.15, 0.2) is 0 Å². The van der Waals surface area contributed by atoms with E-state index >= 15 is 0 Å². The molecule has 26 heavy (non-hydrogen) atoms. The molecule has 1 fully saturated rings. The third-order valence-electron chi connectivity index (χ3n) is 6.28. The van der Waals surface area contributed by atoms with E-state index in [9.17, 15) is 10.2 Å². The molecule has 0 radical (unpaired) electrons.